The average molecular weight is 268 g/mol. The monoisotopic (exact) mass is 267 g/mol. The van der Waals surface area contributed by atoms with Crippen LogP contribution in [0.15, 0.2) is 23.6 Å². The Hall–Kier alpha value is -1.29. The summed E-state index contributed by atoms with van der Waals surface area (Å²) < 4.78 is 1.30. The molecule has 0 amide bonds. The SMILES string of the molecule is C=CCn1ncc(NC(C)(C)C2CC2)c(Cl)c1=O. The van der Waals surface area contributed by atoms with Gasteiger partial charge in [-0.15, -0.1) is 6.58 Å². The number of nitrogens with one attached hydrogen (secondary N) is 1. The lowest BCUT2D eigenvalue weighted by atomic mass is 9.98. The molecule has 1 saturated carbocycles. The molecule has 0 aromatic carbocycles. The maximum Gasteiger partial charge on any atom is 0.287 e. The summed E-state index contributed by atoms with van der Waals surface area (Å²) in [5.41, 5.74) is 0.273. The first-order valence-electron chi connectivity index (χ1n) is 6.10. The van der Waals surface area contributed by atoms with E-state index >= 15 is 0 Å². The number of hydrogen-bond donors (Lipinski definition) is 1. The van der Waals surface area contributed by atoms with Crippen molar-refractivity contribution in [2.24, 2.45) is 5.92 Å². The van der Waals surface area contributed by atoms with E-state index in [4.69, 9.17) is 11.6 Å². The maximum atomic E-state index is 11.9. The van der Waals surface area contributed by atoms with Crippen LogP contribution in [0, 0.1) is 5.92 Å². The van der Waals surface area contributed by atoms with Gasteiger partial charge in [-0.25, -0.2) is 4.68 Å². The molecule has 1 aromatic rings. The van der Waals surface area contributed by atoms with Gasteiger partial charge in [-0.2, -0.15) is 5.10 Å². The summed E-state index contributed by atoms with van der Waals surface area (Å²) in [6.45, 7) is 8.19. The lowest BCUT2D eigenvalue weighted by Crippen LogP contribution is -2.35. The fraction of sp³-hybridized carbons (Fsp3) is 0.538. The Labute approximate surface area is 112 Å². The van der Waals surface area contributed by atoms with Gasteiger partial charge in [0.2, 0.25) is 0 Å². The molecule has 4 nitrogen and oxygen atoms in total. The zero-order valence-electron chi connectivity index (χ0n) is 10.7. The van der Waals surface area contributed by atoms with Crippen LogP contribution in [0.5, 0.6) is 0 Å². The highest BCUT2D eigenvalue weighted by Gasteiger charge is 2.38. The quantitative estimate of drug-likeness (QED) is 0.835. The Morgan fingerprint density at radius 1 is 1.67 bits per heavy atom. The van der Waals surface area contributed by atoms with Crippen LogP contribution in [-0.2, 0) is 6.54 Å². The summed E-state index contributed by atoms with van der Waals surface area (Å²) in [7, 11) is 0. The number of allylic oxidation sites excluding steroid dienone is 1. The molecule has 0 spiro atoms. The molecule has 5 heteroatoms. The first-order valence-corrected chi connectivity index (χ1v) is 6.48. The number of aromatic nitrogens is 2. The molecular formula is C13H18ClN3O. The Morgan fingerprint density at radius 2 is 2.33 bits per heavy atom. The molecule has 0 aliphatic heterocycles. The van der Waals surface area contributed by atoms with Gasteiger partial charge < -0.3 is 5.32 Å². The third kappa shape index (κ3) is 2.58. The zero-order chi connectivity index (χ0) is 13.3. The van der Waals surface area contributed by atoms with Crippen molar-refractivity contribution in [1.29, 1.82) is 0 Å². The molecule has 0 atom stereocenters. The van der Waals surface area contributed by atoms with E-state index in [1.165, 1.54) is 17.5 Å². The number of anilines is 1. The highest BCUT2D eigenvalue weighted by Crippen LogP contribution is 2.41. The van der Waals surface area contributed by atoms with Crippen LogP contribution in [0.2, 0.25) is 5.02 Å². The molecule has 2 rings (SSSR count). The lowest BCUT2D eigenvalue weighted by molar-refractivity contribution is 0.493. The minimum atomic E-state index is -0.284. The molecule has 0 bridgehead atoms. The maximum absolute atomic E-state index is 11.9. The van der Waals surface area contributed by atoms with Crippen molar-refractivity contribution < 1.29 is 0 Å². The summed E-state index contributed by atoms with van der Waals surface area (Å²) in [5, 5.41) is 7.60. The number of halogens is 1. The van der Waals surface area contributed by atoms with Gasteiger partial charge in [0.25, 0.3) is 5.56 Å². The molecule has 1 aromatic heterocycles. The van der Waals surface area contributed by atoms with Gasteiger partial charge in [0.1, 0.15) is 5.02 Å². The number of hydrogen-bond acceptors (Lipinski definition) is 3. The molecule has 18 heavy (non-hydrogen) atoms. The van der Waals surface area contributed by atoms with Gasteiger partial charge >= 0.3 is 0 Å². The van der Waals surface area contributed by atoms with Crippen molar-refractivity contribution in [3.05, 3.63) is 34.2 Å². The van der Waals surface area contributed by atoms with Gasteiger partial charge in [-0.05, 0) is 32.6 Å². The van der Waals surface area contributed by atoms with Crippen molar-refractivity contribution in [2.75, 3.05) is 5.32 Å². The fourth-order valence-corrected chi connectivity index (χ4v) is 2.25. The summed E-state index contributed by atoms with van der Waals surface area (Å²) in [6, 6.07) is 0. The molecule has 0 saturated heterocycles. The van der Waals surface area contributed by atoms with Crippen molar-refractivity contribution in [3.63, 3.8) is 0 Å². The van der Waals surface area contributed by atoms with E-state index < -0.39 is 0 Å². The molecule has 0 unspecified atom stereocenters. The molecule has 1 heterocycles. The summed E-state index contributed by atoms with van der Waals surface area (Å²) in [4.78, 5) is 11.9. The van der Waals surface area contributed by atoms with Crippen LogP contribution in [-0.4, -0.2) is 15.3 Å². The molecule has 1 fully saturated rings. The van der Waals surface area contributed by atoms with Crippen LogP contribution in [0.3, 0.4) is 0 Å². The largest absolute Gasteiger partial charge is 0.377 e. The second-order valence-corrected chi connectivity index (χ2v) is 5.65. The molecule has 1 N–H and O–H groups in total. The number of rotatable bonds is 5. The molecule has 1 aliphatic carbocycles. The van der Waals surface area contributed by atoms with Crippen molar-refractivity contribution in [1.82, 2.24) is 9.78 Å². The van der Waals surface area contributed by atoms with Crippen molar-refractivity contribution in [2.45, 2.75) is 38.8 Å². The minimum absolute atomic E-state index is 0.0532. The second kappa shape index (κ2) is 4.76. The molecule has 98 valence electrons. The van der Waals surface area contributed by atoms with Gasteiger partial charge in [-0.1, -0.05) is 17.7 Å². The summed E-state index contributed by atoms with van der Waals surface area (Å²) >= 11 is 6.10. The van der Waals surface area contributed by atoms with E-state index in [1.807, 2.05) is 0 Å². The third-order valence-corrected chi connectivity index (χ3v) is 3.71. The lowest BCUT2D eigenvalue weighted by Gasteiger charge is -2.27. The van der Waals surface area contributed by atoms with Gasteiger partial charge in [0.05, 0.1) is 18.4 Å². The van der Waals surface area contributed by atoms with E-state index in [-0.39, 0.29) is 16.1 Å². The van der Waals surface area contributed by atoms with E-state index in [2.05, 4.69) is 30.8 Å². The molecular weight excluding hydrogens is 250 g/mol. The third-order valence-electron chi connectivity index (χ3n) is 3.34. The Bertz CT molecular complexity index is 517. The Kier molecular flexibility index (Phi) is 3.48. The minimum Gasteiger partial charge on any atom is -0.377 e. The van der Waals surface area contributed by atoms with Gasteiger partial charge in [0, 0.05) is 5.54 Å². The fourth-order valence-electron chi connectivity index (χ4n) is 2.06. The van der Waals surface area contributed by atoms with Crippen molar-refractivity contribution in [3.8, 4) is 0 Å². The predicted octanol–water partition coefficient (Wildman–Crippen LogP) is 2.68. The first kappa shape index (κ1) is 13.1. The second-order valence-electron chi connectivity index (χ2n) is 5.27. The Balaban J connectivity index is 2.26. The first-order chi connectivity index (χ1) is 8.45. The van der Waals surface area contributed by atoms with E-state index in [0.29, 0.717) is 18.2 Å². The summed E-state index contributed by atoms with van der Waals surface area (Å²) in [5.74, 6) is 0.643. The zero-order valence-corrected chi connectivity index (χ0v) is 11.5. The molecule has 0 radical (unpaired) electrons. The highest BCUT2D eigenvalue weighted by molar-refractivity contribution is 6.32. The van der Waals surface area contributed by atoms with Crippen LogP contribution in [0.1, 0.15) is 26.7 Å². The standard InChI is InChI=1S/C13H18ClN3O/c1-4-7-17-12(18)11(14)10(8-15-17)16-13(2,3)9-5-6-9/h4,8-9,16H,1,5-7H2,2-3H3. The number of nitrogens with zero attached hydrogens (tertiary/aromatic N) is 2. The van der Waals surface area contributed by atoms with Crippen molar-refractivity contribution >= 4 is 17.3 Å². The van der Waals surface area contributed by atoms with E-state index in [9.17, 15) is 4.79 Å². The van der Waals surface area contributed by atoms with Crippen LogP contribution in [0.4, 0.5) is 5.69 Å². The normalized spacial score (nSPS) is 15.5. The van der Waals surface area contributed by atoms with Crippen LogP contribution < -0.4 is 10.9 Å². The van der Waals surface area contributed by atoms with Crippen LogP contribution in [0.25, 0.3) is 0 Å². The van der Waals surface area contributed by atoms with E-state index in [0.717, 1.165) is 0 Å². The predicted molar refractivity (Wildman–Crippen MR) is 74.1 cm³/mol. The van der Waals surface area contributed by atoms with E-state index in [1.54, 1.807) is 12.3 Å². The van der Waals surface area contributed by atoms with Gasteiger partial charge in [-0.3, -0.25) is 4.79 Å². The highest BCUT2D eigenvalue weighted by atomic mass is 35.5. The topological polar surface area (TPSA) is 46.9 Å². The molecule has 1 aliphatic rings. The van der Waals surface area contributed by atoms with Gasteiger partial charge in [0.15, 0.2) is 0 Å². The average Bonchev–Trinajstić information content (AvgIpc) is 3.13. The smallest absolute Gasteiger partial charge is 0.287 e. The Morgan fingerprint density at radius 3 is 2.89 bits per heavy atom. The van der Waals surface area contributed by atoms with Crippen LogP contribution >= 0.6 is 11.6 Å². The summed E-state index contributed by atoms with van der Waals surface area (Å²) in [6.07, 6.45) is 5.67.